The van der Waals surface area contributed by atoms with Crippen molar-refractivity contribution in [2.45, 2.75) is 59.0 Å². The number of allylic oxidation sites excluding steroid dienone is 2. The second-order valence-corrected chi connectivity index (χ2v) is 6.68. The zero-order chi connectivity index (χ0) is 18.4. The van der Waals surface area contributed by atoms with Crippen molar-refractivity contribution in [1.29, 1.82) is 0 Å². The minimum atomic E-state index is -0.129. The average molecular weight is 343 g/mol. The summed E-state index contributed by atoms with van der Waals surface area (Å²) in [5.41, 5.74) is 1.71. The van der Waals surface area contributed by atoms with Crippen molar-refractivity contribution < 1.29 is 9.59 Å². The van der Waals surface area contributed by atoms with Gasteiger partial charge in [-0.05, 0) is 50.3 Å². The number of amides is 2. The smallest absolute Gasteiger partial charge is 0.251 e. The molecule has 136 valence electrons. The lowest BCUT2D eigenvalue weighted by Gasteiger charge is -2.24. The molecule has 3 atom stereocenters. The van der Waals surface area contributed by atoms with Crippen molar-refractivity contribution in [1.82, 2.24) is 16.0 Å². The van der Waals surface area contributed by atoms with Crippen LogP contribution in [-0.4, -0.2) is 23.9 Å². The largest absolute Gasteiger partial charge is 0.366 e. The first-order chi connectivity index (χ1) is 11.9. The summed E-state index contributed by atoms with van der Waals surface area (Å²) in [5.74, 6) is 0.967. The van der Waals surface area contributed by atoms with Gasteiger partial charge in [0.15, 0.2) is 0 Å². The molecule has 5 heteroatoms. The average Bonchev–Trinajstić information content (AvgIpc) is 2.61. The van der Waals surface area contributed by atoms with Crippen LogP contribution in [0.25, 0.3) is 0 Å². The molecule has 0 saturated carbocycles. The molecule has 0 spiro atoms. The number of carbonyl (C=O) groups is 2. The number of dihydropyridines is 1. The summed E-state index contributed by atoms with van der Waals surface area (Å²) < 4.78 is 0. The first-order valence-corrected chi connectivity index (χ1v) is 9.11. The minimum absolute atomic E-state index is 0.0210. The molecule has 0 aromatic heterocycles. The van der Waals surface area contributed by atoms with Gasteiger partial charge in [-0.2, -0.15) is 0 Å². The Morgan fingerprint density at radius 1 is 1.36 bits per heavy atom. The predicted molar refractivity (Wildman–Crippen MR) is 100 cm³/mol. The molecule has 0 aromatic carbocycles. The highest BCUT2D eigenvalue weighted by Gasteiger charge is 2.20. The molecule has 2 rings (SSSR count). The van der Waals surface area contributed by atoms with Gasteiger partial charge in [0, 0.05) is 18.0 Å². The molecular weight excluding hydrogens is 314 g/mol. The number of nitrogens with one attached hydrogen (secondary N) is 3. The molecule has 3 N–H and O–H groups in total. The molecule has 2 amide bonds. The lowest BCUT2D eigenvalue weighted by atomic mass is 9.92. The second kappa shape index (κ2) is 8.70. The Labute approximate surface area is 150 Å². The second-order valence-electron chi connectivity index (χ2n) is 6.68. The molecule has 0 radical (unpaired) electrons. The van der Waals surface area contributed by atoms with E-state index in [1.165, 1.54) is 0 Å². The van der Waals surface area contributed by atoms with E-state index in [-0.39, 0.29) is 23.9 Å². The SMILES string of the molecule is CCC(=O)NC1=CC(C(=O)NC(C)C2=CC[C@@H](CC)C=C2)=C[C@H](C)N1. The Balaban J connectivity index is 2.00. The molecule has 1 heterocycles. The summed E-state index contributed by atoms with van der Waals surface area (Å²) in [5, 5.41) is 8.97. The van der Waals surface area contributed by atoms with Crippen LogP contribution in [0.1, 0.15) is 47.0 Å². The first-order valence-electron chi connectivity index (χ1n) is 9.11. The van der Waals surface area contributed by atoms with Crippen molar-refractivity contribution in [3.63, 3.8) is 0 Å². The van der Waals surface area contributed by atoms with Crippen LogP contribution in [0.4, 0.5) is 0 Å². The maximum atomic E-state index is 12.6. The lowest BCUT2D eigenvalue weighted by molar-refractivity contribution is -0.120. The van der Waals surface area contributed by atoms with Crippen molar-refractivity contribution >= 4 is 11.8 Å². The van der Waals surface area contributed by atoms with Crippen LogP contribution in [0.15, 0.2) is 47.3 Å². The molecule has 0 aromatic rings. The molecule has 1 unspecified atom stereocenters. The van der Waals surface area contributed by atoms with E-state index in [9.17, 15) is 9.59 Å². The molecule has 5 nitrogen and oxygen atoms in total. The lowest BCUT2D eigenvalue weighted by Crippen LogP contribution is -2.40. The topological polar surface area (TPSA) is 70.2 Å². The van der Waals surface area contributed by atoms with E-state index in [0.29, 0.717) is 23.7 Å². The summed E-state index contributed by atoms with van der Waals surface area (Å²) in [6.45, 7) is 7.92. The fraction of sp³-hybridized carbons (Fsp3) is 0.500. The summed E-state index contributed by atoms with van der Waals surface area (Å²) in [6.07, 6.45) is 12.7. The maximum Gasteiger partial charge on any atom is 0.251 e. The van der Waals surface area contributed by atoms with Gasteiger partial charge in [0.05, 0.1) is 6.04 Å². The normalized spacial score (nSPS) is 23.6. The van der Waals surface area contributed by atoms with Crippen LogP contribution in [0.5, 0.6) is 0 Å². The Morgan fingerprint density at radius 3 is 2.72 bits per heavy atom. The molecule has 1 aliphatic carbocycles. The van der Waals surface area contributed by atoms with Gasteiger partial charge in [0.2, 0.25) is 5.91 Å². The Bertz CT molecular complexity index is 643. The fourth-order valence-corrected chi connectivity index (χ4v) is 2.92. The van der Waals surface area contributed by atoms with E-state index in [1.54, 1.807) is 13.0 Å². The third kappa shape index (κ3) is 5.34. The third-order valence-electron chi connectivity index (χ3n) is 4.56. The zero-order valence-corrected chi connectivity index (χ0v) is 15.6. The Morgan fingerprint density at radius 2 is 2.12 bits per heavy atom. The zero-order valence-electron chi connectivity index (χ0n) is 15.6. The van der Waals surface area contributed by atoms with Gasteiger partial charge in [0.25, 0.3) is 5.91 Å². The van der Waals surface area contributed by atoms with Crippen molar-refractivity contribution in [2.24, 2.45) is 5.92 Å². The number of carbonyl (C=O) groups excluding carboxylic acids is 2. The van der Waals surface area contributed by atoms with E-state index < -0.39 is 0 Å². The molecular formula is C20H29N3O2. The summed E-state index contributed by atoms with van der Waals surface area (Å²) in [7, 11) is 0. The molecule has 0 bridgehead atoms. The first kappa shape index (κ1) is 19.0. The maximum absolute atomic E-state index is 12.6. The summed E-state index contributed by atoms with van der Waals surface area (Å²) >= 11 is 0. The number of rotatable bonds is 6. The third-order valence-corrected chi connectivity index (χ3v) is 4.56. The molecule has 0 fully saturated rings. The van der Waals surface area contributed by atoms with Crippen molar-refractivity contribution in [3.8, 4) is 0 Å². The highest BCUT2D eigenvalue weighted by atomic mass is 16.2. The molecule has 0 saturated heterocycles. The summed E-state index contributed by atoms with van der Waals surface area (Å²) in [4.78, 5) is 24.2. The van der Waals surface area contributed by atoms with Crippen LogP contribution in [0, 0.1) is 5.92 Å². The van der Waals surface area contributed by atoms with Crippen LogP contribution in [0.3, 0.4) is 0 Å². The van der Waals surface area contributed by atoms with Crippen LogP contribution >= 0.6 is 0 Å². The van der Waals surface area contributed by atoms with Crippen LogP contribution < -0.4 is 16.0 Å². The van der Waals surface area contributed by atoms with E-state index in [1.807, 2.05) is 19.9 Å². The van der Waals surface area contributed by atoms with E-state index in [4.69, 9.17) is 0 Å². The highest BCUT2D eigenvalue weighted by molar-refractivity contribution is 5.97. The van der Waals surface area contributed by atoms with E-state index >= 15 is 0 Å². The van der Waals surface area contributed by atoms with Gasteiger partial charge < -0.3 is 16.0 Å². The van der Waals surface area contributed by atoms with E-state index in [2.05, 4.69) is 41.1 Å². The van der Waals surface area contributed by atoms with Gasteiger partial charge >= 0.3 is 0 Å². The van der Waals surface area contributed by atoms with Crippen molar-refractivity contribution in [3.05, 3.63) is 47.3 Å². The number of hydrogen-bond acceptors (Lipinski definition) is 3. The molecule has 2 aliphatic rings. The Kier molecular flexibility index (Phi) is 6.62. The highest BCUT2D eigenvalue weighted by Crippen LogP contribution is 2.21. The van der Waals surface area contributed by atoms with Crippen LogP contribution in [0.2, 0.25) is 0 Å². The summed E-state index contributed by atoms with van der Waals surface area (Å²) in [6, 6.07) is -0.0675. The fourth-order valence-electron chi connectivity index (χ4n) is 2.92. The quantitative estimate of drug-likeness (QED) is 0.694. The monoisotopic (exact) mass is 343 g/mol. The standard InChI is InChI=1S/C20H29N3O2/c1-5-15-7-9-16(10-8-15)14(4)22-20(25)17-11-13(3)21-18(12-17)23-19(24)6-2/h7,9-15,21H,5-6,8H2,1-4H3,(H,22,25)(H,23,24)/t13-,14?,15-/m0/s1. The van der Waals surface area contributed by atoms with Crippen LogP contribution in [-0.2, 0) is 9.59 Å². The minimum Gasteiger partial charge on any atom is -0.366 e. The predicted octanol–water partition coefficient (Wildman–Crippen LogP) is 2.69. The molecule has 1 aliphatic heterocycles. The molecule has 25 heavy (non-hydrogen) atoms. The van der Waals surface area contributed by atoms with Crippen molar-refractivity contribution in [2.75, 3.05) is 0 Å². The van der Waals surface area contributed by atoms with Gasteiger partial charge in [-0.25, -0.2) is 0 Å². The van der Waals surface area contributed by atoms with Gasteiger partial charge in [-0.1, -0.05) is 32.1 Å². The van der Waals surface area contributed by atoms with Gasteiger partial charge in [-0.15, -0.1) is 0 Å². The number of hydrogen-bond donors (Lipinski definition) is 3. The Hall–Kier alpha value is -2.30. The van der Waals surface area contributed by atoms with Gasteiger partial charge in [0.1, 0.15) is 5.82 Å². The van der Waals surface area contributed by atoms with E-state index in [0.717, 1.165) is 18.4 Å². The van der Waals surface area contributed by atoms with Gasteiger partial charge in [-0.3, -0.25) is 9.59 Å².